The van der Waals surface area contributed by atoms with Crippen LogP contribution >= 0.6 is 11.3 Å². The minimum absolute atomic E-state index is 0.108. The Morgan fingerprint density at radius 1 is 1.39 bits per heavy atom. The Kier molecular flexibility index (Phi) is 3.54. The van der Waals surface area contributed by atoms with Gasteiger partial charge >= 0.3 is 0 Å². The highest BCUT2D eigenvalue weighted by atomic mass is 32.1. The molecule has 2 heterocycles. The number of hydrogen-bond donors (Lipinski definition) is 1. The van der Waals surface area contributed by atoms with Gasteiger partial charge in [0.25, 0.3) is 0 Å². The highest BCUT2D eigenvalue weighted by Crippen LogP contribution is 2.24. The average Bonchev–Trinajstić information content (AvgIpc) is 2.85. The molecule has 0 aliphatic heterocycles. The number of nitrogens with two attached hydrogens (primary N) is 1. The topological polar surface area (TPSA) is 56.7 Å². The standard InChI is InChI=1S/C13H20N4S/c1-9-10(5-14)6-17(16-9)7-12-15-11(8-18-12)13(2,3)4/h6,8H,5,7,14H2,1-4H3. The van der Waals surface area contributed by atoms with Crippen molar-refractivity contribution in [3.05, 3.63) is 33.5 Å². The third-order valence-electron chi connectivity index (χ3n) is 2.89. The van der Waals surface area contributed by atoms with E-state index in [2.05, 4.69) is 36.2 Å². The van der Waals surface area contributed by atoms with Gasteiger partial charge in [0.05, 0.1) is 17.9 Å². The van der Waals surface area contributed by atoms with E-state index in [-0.39, 0.29) is 5.41 Å². The van der Waals surface area contributed by atoms with Crippen molar-refractivity contribution in [1.82, 2.24) is 14.8 Å². The average molecular weight is 264 g/mol. The van der Waals surface area contributed by atoms with Gasteiger partial charge in [-0.2, -0.15) is 5.10 Å². The molecule has 2 aromatic heterocycles. The van der Waals surface area contributed by atoms with Crippen LogP contribution in [0.5, 0.6) is 0 Å². The van der Waals surface area contributed by atoms with Crippen molar-refractivity contribution >= 4 is 11.3 Å². The van der Waals surface area contributed by atoms with Gasteiger partial charge in [-0.05, 0) is 6.92 Å². The normalized spacial score (nSPS) is 12.1. The van der Waals surface area contributed by atoms with Crippen LogP contribution in [0.15, 0.2) is 11.6 Å². The molecule has 2 N–H and O–H groups in total. The zero-order valence-corrected chi connectivity index (χ0v) is 12.2. The number of nitrogens with zero attached hydrogens (tertiary/aromatic N) is 3. The Labute approximate surface area is 112 Å². The summed E-state index contributed by atoms with van der Waals surface area (Å²) in [5.74, 6) is 0. The Bertz CT molecular complexity index is 533. The molecule has 2 rings (SSSR count). The van der Waals surface area contributed by atoms with E-state index in [4.69, 9.17) is 5.73 Å². The van der Waals surface area contributed by atoms with Crippen molar-refractivity contribution in [2.24, 2.45) is 5.73 Å². The van der Waals surface area contributed by atoms with Gasteiger partial charge in [0.1, 0.15) is 5.01 Å². The molecule has 5 heteroatoms. The zero-order valence-electron chi connectivity index (χ0n) is 11.4. The van der Waals surface area contributed by atoms with Gasteiger partial charge in [-0.25, -0.2) is 4.98 Å². The Morgan fingerprint density at radius 2 is 2.11 bits per heavy atom. The van der Waals surface area contributed by atoms with Crippen molar-refractivity contribution in [3.63, 3.8) is 0 Å². The number of hydrogen-bond acceptors (Lipinski definition) is 4. The first kappa shape index (κ1) is 13.2. The van der Waals surface area contributed by atoms with Crippen molar-refractivity contribution in [2.75, 3.05) is 0 Å². The van der Waals surface area contributed by atoms with E-state index in [0.29, 0.717) is 6.54 Å². The van der Waals surface area contributed by atoms with Gasteiger partial charge < -0.3 is 5.73 Å². The van der Waals surface area contributed by atoms with Gasteiger partial charge in [-0.15, -0.1) is 11.3 Å². The highest BCUT2D eigenvalue weighted by molar-refractivity contribution is 7.09. The fraction of sp³-hybridized carbons (Fsp3) is 0.538. The number of aryl methyl sites for hydroxylation is 1. The molecule has 0 saturated carbocycles. The second-order valence-electron chi connectivity index (χ2n) is 5.52. The molecule has 0 aliphatic carbocycles. The summed E-state index contributed by atoms with van der Waals surface area (Å²) in [4.78, 5) is 4.67. The van der Waals surface area contributed by atoms with E-state index >= 15 is 0 Å². The Morgan fingerprint density at radius 3 is 2.61 bits per heavy atom. The van der Waals surface area contributed by atoms with Crippen LogP contribution in [-0.4, -0.2) is 14.8 Å². The number of thiazole rings is 1. The molecule has 0 bridgehead atoms. The molecule has 98 valence electrons. The van der Waals surface area contributed by atoms with Gasteiger partial charge in [0.15, 0.2) is 0 Å². The van der Waals surface area contributed by atoms with Gasteiger partial charge in [0.2, 0.25) is 0 Å². The molecule has 0 aliphatic rings. The molecular weight excluding hydrogens is 244 g/mol. The van der Waals surface area contributed by atoms with Crippen molar-refractivity contribution < 1.29 is 0 Å². The molecule has 0 aromatic carbocycles. The molecular formula is C13H20N4S. The van der Waals surface area contributed by atoms with E-state index in [0.717, 1.165) is 28.5 Å². The minimum Gasteiger partial charge on any atom is -0.326 e. The molecule has 0 unspecified atom stereocenters. The van der Waals surface area contributed by atoms with Crippen LogP contribution in [0, 0.1) is 6.92 Å². The van der Waals surface area contributed by atoms with E-state index in [9.17, 15) is 0 Å². The monoisotopic (exact) mass is 264 g/mol. The van der Waals surface area contributed by atoms with Crippen molar-refractivity contribution in [3.8, 4) is 0 Å². The largest absolute Gasteiger partial charge is 0.326 e. The van der Waals surface area contributed by atoms with Crippen LogP contribution in [0.2, 0.25) is 0 Å². The Hall–Kier alpha value is -1.20. The molecule has 4 nitrogen and oxygen atoms in total. The predicted octanol–water partition coefficient (Wildman–Crippen LogP) is 2.45. The SMILES string of the molecule is Cc1nn(Cc2nc(C(C)(C)C)cs2)cc1CN. The maximum Gasteiger partial charge on any atom is 0.114 e. The summed E-state index contributed by atoms with van der Waals surface area (Å²) in [6, 6.07) is 0. The molecule has 18 heavy (non-hydrogen) atoms. The maximum atomic E-state index is 5.65. The lowest BCUT2D eigenvalue weighted by Gasteiger charge is -2.14. The fourth-order valence-corrected chi connectivity index (χ4v) is 2.72. The van der Waals surface area contributed by atoms with Crippen LogP contribution in [0.3, 0.4) is 0 Å². The quantitative estimate of drug-likeness (QED) is 0.926. The van der Waals surface area contributed by atoms with E-state index in [1.807, 2.05) is 17.8 Å². The summed E-state index contributed by atoms with van der Waals surface area (Å²) >= 11 is 1.69. The summed E-state index contributed by atoms with van der Waals surface area (Å²) in [7, 11) is 0. The number of rotatable bonds is 3. The molecule has 0 spiro atoms. The van der Waals surface area contributed by atoms with Crippen LogP contribution < -0.4 is 5.73 Å². The third kappa shape index (κ3) is 2.79. The van der Waals surface area contributed by atoms with Crippen LogP contribution in [0.4, 0.5) is 0 Å². The molecule has 0 fully saturated rings. The van der Waals surface area contributed by atoms with Gasteiger partial charge in [-0.3, -0.25) is 4.68 Å². The molecule has 2 aromatic rings. The van der Waals surface area contributed by atoms with Gasteiger partial charge in [-0.1, -0.05) is 20.8 Å². The smallest absolute Gasteiger partial charge is 0.114 e. The van der Waals surface area contributed by atoms with Crippen LogP contribution in [0.25, 0.3) is 0 Å². The lowest BCUT2D eigenvalue weighted by atomic mass is 9.93. The van der Waals surface area contributed by atoms with Crippen LogP contribution in [-0.2, 0) is 18.5 Å². The molecule has 0 atom stereocenters. The summed E-state index contributed by atoms with van der Waals surface area (Å²) in [6.07, 6.45) is 2.01. The molecule has 0 radical (unpaired) electrons. The van der Waals surface area contributed by atoms with Gasteiger partial charge in [0, 0.05) is 29.1 Å². The second kappa shape index (κ2) is 4.82. The van der Waals surface area contributed by atoms with Crippen LogP contribution in [0.1, 0.15) is 42.7 Å². The summed E-state index contributed by atoms with van der Waals surface area (Å²) in [5, 5.41) is 7.67. The first-order valence-corrected chi connectivity index (χ1v) is 6.96. The fourth-order valence-electron chi connectivity index (χ4n) is 1.71. The Balaban J connectivity index is 2.16. The maximum absolute atomic E-state index is 5.65. The number of aromatic nitrogens is 3. The van der Waals surface area contributed by atoms with E-state index in [1.165, 1.54) is 0 Å². The first-order chi connectivity index (χ1) is 8.40. The first-order valence-electron chi connectivity index (χ1n) is 6.08. The molecule has 0 saturated heterocycles. The zero-order chi connectivity index (χ0) is 13.3. The second-order valence-corrected chi connectivity index (χ2v) is 6.46. The highest BCUT2D eigenvalue weighted by Gasteiger charge is 2.17. The summed E-state index contributed by atoms with van der Waals surface area (Å²) in [5.41, 5.74) is 9.01. The lowest BCUT2D eigenvalue weighted by Crippen LogP contribution is -2.12. The van der Waals surface area contributed by atoms with Crippen molar-refractivity contribution in [2.45, 2.75) is 46.2 Å². The van der Waals surface area contributed by atoms with E-state index < -0.39 is 0 Å². The molecule has 0 amide bonds. The summed E-state index contributed by atoms with van der Waals surface area (Å²) < 4.78 is 1.92. The van der Waals surface area contributed by atoms with E-state index in [1.54, 1.807) is 11.3 Å². The predicted molar refractivity (Wildman–Crippen MR) is 74.8 cm³/mol. The minimum atomic E-state index is 0.108. The van der Waals surface area contributed by atoms with Crippen molar-refractivity contribution in [1.29, 1.82) is 0 Å². The third-order valence-corrected chi connectivity index (χ3v) is 3.72. The summed E-state index contributed by atoms with van der Waals surface area (Å²) in [6.45, 7) is 9.78. The lowest BCUT2D eigenvalue weighted by molar-refractivity contribution is 0.567.